The third-order valence-corrected chi connectivity index (χ3v) is 7.16. The summed E-state index contributed by atoms with van der Waals surface area (Å²) in [6, 6.07) is 12.2. The van der Waals surface area contributed by atoms with Gasteiger partial charge in [-0.3, -0.25) is 4.21 Å². The summed E-state index contributed by atoms with van der Waals surface area (Å²) < 4.78 is 33.0. The quantitative estimate of drug-likeness (QED) is 0.485. The molecule has 3 atom stereocenters. The molecule has 0 radical (unpaired) electrons. The van der Waals surface area contributed by atoms with Gasteiger partial charge in [0.05, 0.1) is 22.7 Å². The van der Waals surface area contributed by atoms with E-state index in [-0.39, 0.29) is 17.1 Å². The van der Waals surface area contributed by atoms with Crippen LogP contribution in [0.25, 0.3) is 0 Å². The molecule has 7 heteroatoms. The number of rotatable bonds is 7. The second kappa shape index (κ2) is 9.46. The Morgan fingerprint density at radius 1 is 1.31 bits per heavy atom. The van der Waals surface area contributed by atoms with Crippen LogP contribution in [0.3, 0.4) is 0 Å². The van der Waals surface area contributed by atoms with Gasteiger partial charge in [0, 0.05) is 28.2 Å². The zero-order chi connectivity index (χ0) is 18.5. The molecule has 0 saturated carbocycles. The number of benzene rings is 2. The van der Waals surface area contributed by atoms with E-state index in [1.165, 1.54) is 29.7 Å². The van der Waals surface area contributed by atoms with Crippen molar-refractivity contribution in [3.63, 3.8) is 0 Å². The Kier molecular flexibility index (Phi) is 7.28. The highest BCUT2D eigenvalue weighted by atomic mass is 79.9. The number of hydrogen-bond donors (Lipinski definition) is 1. The Balaban J connectivity index is 1.89. The Bertz CT molecular complexity index is 773. The van der Waals surface area contributed by atoms with Gasteiger partial charge >= 0.3 is 0 Å². The first-order valence-electron chi connectivity index (χ1n) is 8.43. The first kappa shape index (κ1) is 20.0. The third kappa shape index (κ3) is 4.75. The molecule has 1 aliphatic rings. The molecular formula is C19H21BrFNO2S2. The summed E-state index contributed by atoms with van der Waals surface area (Å²) in [5.41, 5.74) is 2.32. The molecule has 2 aromatic rings. The van der Waals surface area contributed by atoms with Crippen molar-refractivity contribution in [3.8, 4) is 0 Å². The van der Waals surface area contributed by atoms with E-state index in [9.17, 15) is 8.60 Å². The summed E-state index contributed by atoms with van der Waals surface area (Å²) in [6.45, 7) is 1.30. The first-order chi connectivity index (χ1) is 12.6. The highest BCUT2D eigenvalue weighted by Gasteiger charge is 2.34. The van der Waals surface area contributed by atoms with Gasteiger partial charge in [0.1, 0.15) is 5.82 Å². The van der Waals surface area contributed by atoms with E-state index in [0.29, 0.717) is 18.0 Å². The minimum Gasteiger partial charge on any atom is -0.314 e. The van der Waals surface area contributed by atoms with Crippen molar-refractivity contribution in [1.29, 1.82) is 0 Å². The largest absolute Gasteiger partial charge is 0.314 e. The van der Waals surface area contributed by atoms with E-state index in [1.54, 1.807) is 12.1 Å². The van der Waals surface area contributed by atoms with E-state index < -0.39 is 10.8 Å². The molecule has 0 fully saturated rings. The molecule has 0 bridgehead atoms. The molecule has 3 rings (SSSR count). The maximum absolute atomic E-state index is 13.4. The maximum Gasteiger partial charge on any atom is 0.123 e. The van der Waals surface area contributed by atoms with Gasteiger partial charge in [0.25, 0.3) is 0 Å². The van der Waals surface area contributed by atoms with Crippen LogP contribution in [0.2, 0.25) is 0 Å². The van der Waals surface area contributed by atoms with Crippen LogP contribution in [-0.2, 0) is 21.4 Å². The molecular weight excluding hydrogens is 437 g/mol. The smallest absolute Gasteiger partial charge is 0.123 e. The number of hydrogen-bond acceptors (Lipinski definition) is 4. The second-order valence-corrected chi connectivity index (χ2v) is 9.16. The van der Waals surface area contributed by atoms with Crippen LogP contribution in [0.4, 0.5) is 4.39 Å². The van der Waals surface area contributed by atoms with Crippen molar-refractivity contribution in [2.75, 3.05) is 19.4 Å². The Morgan fingerprint density at radius 2 is 2.08 bits per heavy atom. The summed E-state index contributed by atoms with van der Waals surface area (Å²) in [4.78, 5) is 0.652. The van der Waals surface area contributed by atoms with Gasteiger partial charge in [0.15, 0.2) is 0 Å². The van der Waals surface area contributed by atoms with Crippen molar-refractivity contribution in [3.05, 3.63) is 63.9 Å². The van der Waals surface area contributed by atoms with Gasteiger partial charge in [-0.2, -0.15) is 0 Å². The van der Waals surface area contributed by atoms with Crippen molar-refractivity contribution < 1.29 is 12.8 Å². The predicted molar refractivity (Wildman–Crippen MR) is 109 cm³/mol. The molecule has 1 N–H and O–H groups in total. The lowest BCUT2D eigenvalue weighted by Gasteiger charge is -2.34. The standard InChI is InChI=1S/C19H21BrFNO2S2/c1-25-24-11-10-22-18-9-2-13-12-14(20)3-8-17(13)19(18)26(23)16-6-4-15(21)5-7-16/h3-8,12,18-19,22H,2,9-11H2,1H3. The van der Waals surface area contributed by atoms with Crippen molar-refractivity contribution in [1.82, 2.24) is 5.32 Å². The molecule has 3 nitrogen and oxygen atoms in total. The Hall–Kier alpha value is -0.730. The highest BCUT2D eigenvalue weighted by molar-refractivity contribution is 9.10. The van der Waals surface area contributed by atoms with E-state index in [4.69, 9.17) is 4.18 Å². The number of halogens is 2. The summed E-state index contributed by atoms with van der Waals surface area (Å²) in [6.07, 6.45) is 3.73. The monoisotopic (exact) mass is 457 g/mol. The predicted octanol–water partition coefficient (Wildman–Crippen LogP) is 4.64. The molecule has 26 heavy (non-hydrogen) atoms. The average Bonchev–Trinajstić information content (AvgIpc) is 2.65. The topological polar surface area (TPSA) is 38.3 Å². The van der Waals surface area contributed by atoms with Crippen LogP contribution in [-0.4, -0.2) is 29.7 Å². The molecule has 0 spiro atoms. The number of fused-ring (bicyclic) bond motifs is 1. The van der Waals surface area contributed by atoms with Gasteiger partial charge in [-0.25, -0.2) is 4.39 Å². The van der Waals surface area contributed by atoms with Gasteiger partial charge < -0.3 is 9.50 Å². The van der Waals surface area contributed by atoms with Gasteiger partial charge in [-0.1, -0.05) is 22.0 Å². The van der Waals surface area contributed by atoms with Crippen LogP contribution < -0.4 is 5.32 Å². The summed E-state index contributed by atoms with van der Waals surface area (Å²) in [5.74, 6) is -0.317. The van der Waals surface area contributed by atoms with Crippen LogP contribution >= 0.6 is 28.0 Å². The van der Waals surface area contributed by atoms with Crippen LogP contribution in [0, 0.1) is 5.82 Å². The molecule has 0 aliphatic heterocycles. The van der Waals surface area contributed by atoms with E-state index >= 15 is 0 Å². The van der Waals surface area contributed by atoms with E-state index in [1.807, 2.05) is 12.3 Å². The van der Waals surface area contributed by atoms with E-state index in [0.717, 1.165) is 22.9 Å². The fourth-order valence-electron chi connectivity index (χ4n) is 3.31. The molecule has 2 aromatic carbocycles. The molecule has 0 heterocycles. The van der Waals surface area contributed by atoms with Gasteiger partial charge in [0.2, 0.25) is 0 Å². The minimum atomic E-state index is -1.27. The highest BCUT2D eigenvalue weighted by Crippen LogP contribution is 2.38. The summed E-state index contributed by atoms with van der Waals surface area (Å²) in [5, 5.41) is 3.33. The summed E-state index contributed by atoms with van der Waals surface area (Å²) in [7, 11) is -1.27. The van der Waals surface area contributed by atoms with Gasteiger partial charge in [-0.05, 0) is 72.4 Å². The number of aryl methyl sites for hydroxylation is 1. The molecule has 1 aliphatic carbocycles. The third-order valence-electron chi connectivity index (χ3n) is 4.49. The maximum atomic E-state index is 13.4. The molecule has 140 valence electrons. The molecule has 0 saturated heterocycles. The fourth-order valence-corrected chi connectivity index (χ4v) is 5.65. The molecule has 0 amide bonds. The van der Waals surface area contributed by atoms with Crippen molar-refractivity contribution >= 4 is 38.8 Å². The second-order valence-electron chi connectivity index (χ2n) is 6.10. The first-order valence-corrected chi connectivity index (χ1v) is 11.6. The molecule has 3 unspecified atom stereocenters. The normalized spacial score (nSPS) is 20.6. The molecule has 0 aromatic heterocycles. The lowest BCUT2D eigenvalue weighted by atomic mass is 9.88. The fraction of sp³-hybridized carbons (Fsp3) is 0.368. The summed E-state index contributed by atoms with van der Waals surface area (Å²) >= 11 is 4.87. The zero-order valence-electron chi connectivity index (χ0n) is 14.4. The minimum absolute atomic E-state index is 0.0834. The number of nitrogens with one attached hydrogen (secondary N) is 1. The lowest BCUT2D eigenvalue weighted by molar-refractivity contribution is 0.341. The Morgan fingerprint density at radius 3 is 2.81 bits per heavy atom. The van der Waals surface area contributed by atoms with Crippen LogP contribution in [0.1, 0.15) is 22.8 Å². The van der Waals surface area contributed by atoms with E-state index in [2.05, 4.69) is 33.4 Å². The van der Waals surface area contributed by atoms with Crippen molar-refractivity contribution in [2.24, 2.45) is 0 Å². The lowest BCUT2D eigenvalue weighted by Crippen LogP contribution is -2.41. The average molecular weight is 458 g/mol. The van der Waals surface area contributed by atoms with Crippen molar-refractivity contribution in [2.45, 2.75) is 29.0 Å². The SMILES string of the molecule is CSOCCNC1CCc2cc(Br)ccc2C1S(=O)c1ccc(F)cc1. The van der Waals surface area contributed by atoms with Crippen LogP contribution in [0.15, 0.2) is 51.8 Å². The van der Waals surface area contributed by atoms with Gasteiger partial charge in [-0.15, -0.1) is 0 Å². The zero-order valence-corrected chi connectivity index (χ0v) is 17.6. The Labute approximate surface area is 168 Å². The van der Waals surface area contributed by atoms with Crippen LogP contribution in [0.5, 0.6) is 0 Å².